The fourth-order valence-corrected chi connectivity index (χ4v) is 2.46. The van der Waals surface area contributed by atoms with E-state index in [-0.39, 0.29) is 24.3 Å². The molecule has 1 aliphatic rings. The van der Waals surface area contributed by atoms with Crippen LogP contribution in [0.2, 0.25) is 0 Å². The molecule has 0 spiro atoms. The van der Waals surface area contributed by atoms with E-state index in [1.807, 2.05) is 17.0 Å². The van der Waals surface area contributed by atoms with Crippen molar-refractivity contribution in [2.24, 2.45) is 0 Å². The maximum absolute atomic E-state index is 11.9. The van der Waals surface area contributed by atoms with Gasteiger partial charge in [0, 0.05) is 32.0 Å². The average molecular weight is 330 g/mol. The van der Waals surface area contributed by atoms with Crippen LogP contribution in [0.1, 0.15) is 5.56 Å². The molecule has 0 aromatic heterocycles. The summed E-state index contributed by atoms with van der Waals surface area (Å²) in [5, 5.41) is 5.17. The summed E-state index contributed by atoms with van der Waals surface area (Å²) in [7, 11) is 3.48. The Kier molecular flexibility index (Phi) is 5.57. The Hall–Kier alpha value is -2.83. The maximum atomic E-state index is 11.9. The van der Waals surface area contributed by atoms with Crippen LogP contribution in [0.15, 0.2) is 30.9 Å². The van der Waals surface area contributed by atoms with Gasteiger partial charge in [-0.3, -0.25) is 14.4 Å². The zero-order valence-electron chi connectivity index (χ0n) is 14.0. The second-order valence-corrected chi connectivity index (χ2v) is 5.77. The molecule has 0 saturated carbocycles. The van der Waals surface area contributed by atoms with E-state index in [0.29, 0.717) is 12.2 Å². The third kappa shape index (κ3) is 4.34. The van der Waals surface area contributed by atoms with Crippen molar-refractivity contribution >= 4 is 29.1 Å². The Morgan fingerprint density at radius 1 is 1.33 bits per heavy atom. The van der Waals surface area contributed by atoms with Gasteiger partial charge in [-0.15, -0.1) is 0 Å². The number of nitrogens with zero attached hydrogens (tertiary/aromatic N) is 2. The summed E-state index contributed by atoms with van der Waals surface area (Å²) in [4.78, 5) is 38.3. The van der Waals surface area contributed by atoms with Gasteiger partial charge in [-0.2, -0.15) is 0 Å². The Bertz CT molecular complexity index is 670. The lowest BCUT2D eigenvalue weighted by Crippen LogP contribution is -2.35. The van der Waals surface area contributed by atoms with Crippen LogP contribution in [-0.2, 0) is 20.8 Å². The molecular formula is C17H22N4O3. The first-order chi connectivity index (χ1) is 11.4. The summed E-state index contributed by atoms with van der Waals surface area (Å²) in [5.41, 5.74) is 2.78. The zero-order valence-corrected chi connectivity index (χ0v) is 14.0. The molecular weight excluding hydrogens is 308 g/mol. The van der Waals surface area contributed by atoms with Crippen LogP contribution in [-0.4, -0.2) is 56.4 Å². The lowest BCUT2D eigenvalue weighted by molar-refractivity contribution is -0.127. The standard InChI is InChI=1S/C17H22N4O3/c1-4-15(22)18-10-16(23)19-13-5-6-14-12(9-13)7-8-21(14)11-17(24)20(2)3/h4-6,9H,1,7-8,10-11H2,2-3H3,(H,18,22)(H,19,23). The van der Waals surface area contributed by atoms with E-state index in [1.165, 1.54) is 0 Å². The number of rotatable bonds is 6. The molecule has 0 atom stereocenters. The molecule has 24 heavy (non-hydrogen) atoms. The molecule has 0 bridgehead atoms. The molecule has 7 heteroatoms. The highest BCUT2D eigenvalue weighted by molar-refractivity contribution is 5.96. The van der Waals surface area contributed by atoms with Crippen LogP contribution in [0.3, 0.4) is 0 Å². The normalized spacial score (nSPS) is 12.3. The third-order valence-electron chi connectivity index (χ3n) is 3.79. The molecule has 0 saturated heterocycles. The van der Waals surface area contributed by atoms with Crippen LogP contribution < -0.4 is 15.5 Å². The average Bonchev–Trinajstić information content (AvgIpc) is 2.94. The summed E-state index contributed by atoms with van der Waals surface area (Å²) >= 11 is 0. The van der Waals surface area contributed by atoms with E-state index in [9.17, 15) is 14.4 Å². The monoisotopic (exact) mass is 330 g/mol. The van der Waals surface area contributed by atoms with Gasteiger partial charge in [0.05, 0.1) is 13.1 Å². The number of hydrogen-bond donors (Lipinski definition) is 2. The number of benzene rings is 1. The van der Waals surface area contributed by atoms with E-state index in [4.69, 9.17) is 0 Å². The lowest BCUT2D eigenvalue weighted by Gasteiger charge is -2.21. The fourth-order valence-electron chi connectivity index (χ4n) is 2.46. The first-order valence-corrected chi connectivity index (χ1v) is 7.69. The quantitative estimate of drug-likeness (QED) is 0.739. The molecule has 0 fully saturated rings. The predicted molar refractivity (Wildman–Crippen MR) is 92.9 cm³/mol. The van der Waals surface area contributed by atoms with Crippen LogP contribution in [0.25, 0.3) is 0 Å². The molecule has 2 N–H and O–H groups in total. The first-order valence-electron chi connectivity index (χ1n) is 7.69. The summed E-state index contributed by atoms with van der Waals surface area (Å²) in [5.74, 6) is -0.638. The smallest absolute Gasteiger partial charge is 0.243 e. The van der Waals surface area contributed by atoms with Crippen molar-refractivity contribution in [3.63, 3.8) is 0 Å². The summed E-state index contributed by atoms with van der Waals surface area (Å²) < 4.78 is 0. The van der Waals surface area contributed by atoms with Gasteiger partial charge in [-0.25, -0.2) is 0 Å². The third-order valence-corrected chi connectivity index (χ3v) is 3.79. The highest BCUT2D eigenvalue weighted by atomic mass is 16.2. The van der Waals surface area contributed by atoms with Crippen LogP contribution >= 0.6 is 0 Å². The molecule has 1 aromatic rings. The summed E-state index contributed by atoms with van der Waals surface area (Å²) in [6, 6.07) is 5.61. The molecule has 1 aromatic carbocycles. The number of nitrogens with one attached hydrogen (secondary N) is 2. The molecule has 1 aliphatic heterocycles. The van der Waals surface area contributed by atoms with Crippen LogP contribution in [0.5, 0.6) is 0 Å². The van der Waals surface area contributed by atoms with Crippen LogP contribution in [0, 0.1) is 0 Å². The minimum atomic E-state index is -0.389. The molecule has 1 heterocycles. The SMILES string of the molecule is C=CC(=O)NCC(=O)Nc1ccc2c(c1)CCN2CC(=O)N(C)C. The second kappa shape index (κ2) is 7.63. The van der Waals surface area contributed by atoms with Crippen molar-refractivity contribution in [2.75, 3.05) is 43.9 Å². The predicted octanol–water partition coefficient (Wildman–Crippen LogP) is 0.378. The van der Waals surface area contributed by atoms with Crippen molar-refractivity contribution in [3.05, 3.63) is 36.4 Å². The van der Waals surface area contributed by atoms with Gasteiger partial charge >= 0.3 is 0 Å². The van der Waals surface area contributed by atoms with Crippen molar-refractivity contribution in [1.29, 1.82) is 0 Å². The number of anilines is 2. The molecule has 128 valence electrons. The Labute approximate surface area is 141 Å². The number of carbonyl (C=O) groups excluding carboxylic acids is 3. The topological polar surface area (TPSA) is 81.8 Å². The largest absolute Gasteiger partial charge is 0.362 e. The molecule has 0 aliphatic carbocycles. The Morgan fingerprint density at radius 2 is 2.08 bits per heavy atom. The number of hydrogen-bond acceptors (Lipinski definition) is 4. The Morgan fingerprint density at radius 3 is 2.75 bits per heavy atom. The van der Waals surface area contributed by atoms with Gasteiger partial charge in [0.25, 0.3) is 0 Å². The second-order valence-electron chi connectivity index (χ2n) is 5.77. The molecule has 0 radical (unpaired) electrons. The van der Waals surface area contributed by atoms with Gasteiger partial charge in [0.2, 0.25) is 17.7 Å². The minimum Gasteiger partial charge on any atom is -0.362 e. The van der Waals surface area contributed by atoms with Gasteiger partial charge in [-0.05, 0) is 36.3 Å². The van der Waals surface area contributed by atoms with Gasteiger partial charge < -0.3 is 20.4 Å². The highest BCUT2D eigenvalue weighted by Gasteiger charge is 2.22. The number of carbonyl (C=O) groups is 3. The number of fused-ring (bicyclic) bond motifs is 1. The van der Waals surface area contributed by atoms with Crippen molar-refractivity contribution in [3.8, 4) is 0 Å². The van der Waals surface area contributed by atoms with Crippen LogP contribution in [0.4, 0.5) is 11.4 Å². The van der Waals surface area contributed by atoms with Gasteiger partial charge in [-0.1, -0.05) is 6.58 Å². The lowest BCUT2D eigenvalue weighted by atomic mass is 10.1. The van der Waals surface area contributed by atoms with Gasteiger partial charge in [0.15, 0.2) is 0 Å². The molecule has 7 nitrogen and oxygen atoms in total. The zero-order chi connectivity index (χ0) is 17.7. The first kappa shape index (κ1) is 17.5. The molecule has 3 amide bonds. The fraction of sp³-hybridized carbons (Fsp3) is 0.353. The van der Waals surface area contributed by atoms with Gasteiger partial charge in [0.1, 0.15) is 0 Å². The number of likely N-dealkylation sites (N-methyl/N-ethyl adjacent to an activating group) is 1. The van der Waals surface area contributed by atoms with E-state index < -0.39 is 0 Å². The minimum absolute atomic E-state index is 0.0539. The van der Waals surface area contributed by atoms with Crippen molar-refractivity contribution < 1.29 is 14.4 Å². The summed E-state index contributed by atoms with van der Waals surface area (Å²) in [6.45, 7) is 4.35. The molecule has 0 unspecified atom stereocenters. The molecule has 2 rings (SSSR count). The Balaban J connectivity index is 1.97. The maximum Gasteiger partial charge on any atom is 0.243 e. The summed E-state index contributed by atoms with van der Waals surface area (Å²) in [6.07, 6.45) is 1.94. The van der Waals surface area contributed by atoms with Crippen molar-refractivity contribution in [2.45, 2.75) is 6.42 Å². The van der Waals surface area contributed by atoms with E-state index in [0.717, 1.165) is 30.3 Å². The van der Waals surface area contributed by atoms with E-state index >= 15 is 0 Å². The number of amides is 3. The van der Waals surface area contributed by atoms with Crippen molar-refractivity contribution in [1.82, 2.24) is 10.2 Å². The van der Waals surface area contributed by atoms with E-state index in [1.54, 1.807) is 25.1 Å². The van der Waals surface area contributed by atoms with E-state index in [2.05, 4.69) is 17.2 Å². The highest BCUT2D eigenvalue weighted by Crippen LogP contribution is 2.30.